The van der Waals surface area contributed by atoms with E-state index < -0.39 is 0 Å². The SMILES string of the molecule is C/C=N\O/N=C/C.C[N+]12C=C3C=CCC4=[N+]3[C@@]13N1C(=CC=CC1[N+]3(C)C4)C2. The van der Waals surface area contributed by atoms with Crippen molar-refractivity contribution in [2.24, 2.45) is 10.3 Å². The predicted molar refractivity (Wildman–Crippen MR) is 104 cm³/mol. The van der Waals surface area contributed by atoms with Crippen LogP contribution in [-0.4, -0.2) is 75.8 Å². The number of fused-ring (bicyclic) bond motifs is 1. The second kappa shape index (κ2) is 5.27. The molecular weight excluding hydrogens is 340 g/mol. The molecule has 6 aliphatic rings. The zero-order valence-corrected chi connectivity index (χ0v) is 16.4. The van der Waals surface area contributed by atoms with Gasteiger partial charge in [-0.1, -0.05) is 27.0 Å². The van der Waals surface area contributed by atoms with Crippen LogP contribution < -0.4 is 0 Å². The maximum absolute atomic E-state index is 4.27. The third kappa shape index (κ3) is 1.67. The van der Waals surface area contributed by atoms with Crippen molar-refractivity contribution in [1.29, 1.82) is 0 Å². The van der Waals surface area contributed by atoms with E-state index in [4.69, 9.17) is 0 Å². The molecule has 0 saturated carbocycles. The fraction of sp³-hybridized carbons (Fsp3) is 0.450. The lowest BCUT2D eigenvalue weighted by Gasteiger charge is -2.58. The van der Waals surface area contributed by atoms with Crippen LogP contribution in [-0.2, 0) is 4.94 Å². The molecule has 4 atom stereocenters. The summed E-state index contributed by atoms with van der Waals surface area (Å²) in [5.41, 5.74) is 4.54. The van der Waals surface area contributed by atoms with Crippen molar-refractivity contribution in [3.8, 4) is 0 Å². The zero-order valence-electron chi connectivity index (χ0n) is 16.4. The normalized spacial score (nSPS) is 41.3. The Hall–Kier alpha value is -2.51. The summed E-state index contributed by atoms with van der Waals surface area (Å²) >= 11 is 0. The van der Waals surface area contributed by atoms with Gasteiger partial charge in [-0.15, -0.1) is 0 Å². The van der Waals surface area contributed by atoms with E-state index >= 15 is 0 Å². The van der Waals surface area contributed by atoms with Crippen molar-refractivity contribution in [1.82, 2.24) is 4.90 Å². The van der Waals surface area contributed by atoms with Crippen molar-refractivity contribution in [2.45, 2.75) is 32.3 Å². The Morgan fingerprint density at radius 2 is 2.04 bits per heavy atom. The topological polar surface area (TPSA) is 40.2 Å². The van der Waals surface area contributed by atoms with Gasteiger partial charge in [0.15, 0.2) is 12.7 Å². The van der Waals surface area contributed by atoms with Crippen LogP contribution in [0.3, 0.4) is 0 Å². The number of rotatable bonds is 2. The van der Waals surface area contributed by atoms with Crippen LogP contribution in [0.25, 0.3) is 0 Å². The Bertz CT molecular complexity index is 915. The highest BCUT2D eigenvalue weighted by Gasteiger charge is 2.96. The maximum Gasteiger partial charge on any atom is 0.528 e. The molecule has 140 valence electrons. The second-order valence-corrected chi connectivity index (χ2v) is 8.15. The van der Waals surface area contributed by atoms with Gasteiger partial charge < -0.3 is 0 Å². The van der Waals surface area contributed by atoms with Gasteiger partial charge in [-0.3, -0.25) is 0 Å². The van der Waals surface area contributed by atoms with Crippen LogP contribution in [0.4, 0.5) is 0 Å². The van der Waals surface area contributed by atoms with Crippen molar-refractivity contribution < 1.29 is 18.5 Å². The van der Waals surface area contributed by atoms with Crippen molar-refractivity contribution >= 4 is 18.1 Å². The monoisotopic (exact) mass is 367 g/mol. The van der Waals surface area contributed by atoms with Crippen molar-refractivity contribution in [3.63, 3.8) is 0 Å². The summed E-state index contributed by atoms with van der Waals surface area (Å²) < 4.78 is 4.80. The minimum Gasteiger partial charge on any atom is -0.245 e. The number of hydrogen-bond acceptors (Lipinski definition) is 4. The second-order valence-electron chi connectivity index (χ2n) is 8.15. The lowest BCUT2D eigenvalue weighted by Crippen LogP contribution is -2.91. The number of hydrogen-bond donors (Lipinski definition) is 0. The fourth-order valence-electron chi connectivity index (χ4n) is 6.10. The van der Waals surface area contributed by atoms with Crippen LogP contribution in [0.1, 0.15) is 20.3 Å². The van der Waals surface area contributed by atoms with Gasteiger partial charge in [0.1, 0.15) is 6.54 Å². The molecule has 0 radical (unpaired) electrons. The highest BCUT2D eigenvalue weighted by Crippen LogP contribution is 2.63. The Labute approximate surface area is 160 Å². The lowest BCUT2D eigenvalue weighted by molar-refractivity contribution is -1.25. The van der Waals surface area contributed by atoms with E-state index in [2.05, 4.69) is 75.4 Å². The molecule has 7 heteroatoms. The first-order valence-electron chi connectivity index (χ1n) is 9.57. The van der Waals surface area contributed by atoms with Gasteiger partial charge in [-0.25, -0.2) is 4.94 Å². The molecule has 7 nitrogen and oxygen atoms in total. The molecular formula is C20H27N6O+3. The smallest absolute Gasteiger partial charge is 0.245 e. The predicted octanol–water partition coefficient (Wildman–Crippen LogP) is 1.90. The summed E-state index contributed by atoms with van der Waals surface area (Å²) in [5.74, 6) is 0.0800. The molecule has 6 heterocycles. The van der Waals surface area contributed by atoms with Gasteiger partial charge in [0.05, 0.1) is 26.2 Å². The molecule has 1 spiro atoms. The molecule has 3 unspecified atom stereocenters. The van der Waals surface area contributed by atoms with Gasteiger partial charge in [0.25, 0.3) is 5.70 Å². The van der Waals surface area contributed by atoms with E-state index in [1.807, 2.05) is 0 Å². The van der Waals surface area contributed by atoms with Crippen LogP contribution in [0.2, 0.25) is 0 Å². The molecule has 6 aliphatic heterocycles. The third-order valence-corrected chi connectivity index (χ3v) is 6.66. The molecule has 0 aromatic heterocycles. The van der Waals surface area contributed by atoms with Gasteiger partial charge in [-0.05, 0) is 26.0 Å². The molecule has 0 aliphatic carbocycles. The highest BCUT2D eigenvalue weighted by molar-refractivity contribution is 5.85. The van der Waals surface area contributed by atoms with E-state index in [1.165, 1.54) is 30.4 Å². The molecule has 0 aromatic carbocycles. The van der Waals surface area contributed by atoms with E-state index in [9.17, 15) is 0 Å². The summed E-state index contributed by atoms with van der Waals surface area (Å²) in [4.78, 5) is 6.97. The maximum atomic E-state index is 4.27. The Morgan fingerprint density at radius 1 is 1.26 bits per heavy atom. The molecule has 0 bridgehead atoms. The largest absolute Gasteiger partial charge is 0.528 e. The minimum absolute atomic E-state index is 0.0800. The zero-order chi connectivity index (χ0) is 18.9. The van der Waals surface area contributed by atoms with E-state index in [1.54, 1.807) is 19.6 Å². The first-order valence-corrected chi connectivity index (χ1v) is 9.57. The first kappa shape index (κ1) is 16.6. The number of quaternary nitrogens is 2. The molecule has 2 saturated heterocycles. The molecule has 6 rings (SSSR count). The summed E-state index contributed by atoms with van der Waals surface area (Å²) in [6, 6.07) is 0. The summed E-state index contributed by atoms with van der Waals surface area (Å²) in [6.45, 7) is 5.82. The molecule has 0 aromatic rings. The highest BCUT2D eigenvalue weighted by atomic mass is 16.8. The number of nitrogens with zero attached hydrogens (tertiary/aromatic N) is 6. The van der Waals surface area contributed by atoms with E-state index in [0.717, 1.165) is 21.9 Å². The summed E-state index contributed by atoms with van der Waals surface area (Å²) in [7, 11) is 4.87. The first-order chi connectivity index (χ1) is 13.0. The van der Waals surface area contributed by atoms with Crippen LogP contribution in [0.15, 0.2) is 58.3 Å². The number of likely N-dealkylation sites (N-methyl/N-ethyl adjacent to an activating group) is 2. The van der Waals surface area contributed by atoms with Crippen molar-refractivity contribution in [2.75, 3.05) is 27.2 Å². The quantitative estimate of drug-likeness (QED) is 0.324. The number of oxime groups is 2. The molecule has 27 heavy (non-hydrogen) atoms. The van der Waals surface area contributed by atoms with Gasteiger partial charge >= 0.3 is 5.91 Å². The average Bonchev–Trinajstić information content (AvgIpc) is 3.16. The molecule has 2 fully saturated rings. The lowest BCUT2D eigenvalue weighted by atomic mass is 10.0. The van der Waals surface area contributed by atoms with E-state index in [-0.39, 0.29) is 5.91 Å². The van der Waals surface area contributed by atoms with Crippen molar-refractivity contribution in [3.05, 3.63) is 48.0 Å². The van der Waals surface area contributed by atoms with Gasteiger partial charge in [0.2, 0.25) is 11.9 Å². The van der Waals surface area contributed by atoms with Crippen LogP contribution in [0, 0.1) is 0 Å². The number of allylic oxidation sites excluding steroid dienone is 4. The minimum atomic E-state index is 0.0800. The fourth-order valence-corrected chi connectivity index (χ4v) is 6.10. The summed E-state index contributed by atoms with van der Waals surface area (Å²) in [6.07, 6.45) is 18.8. The average molecular weight is 367 g/mol. The Kier molecular flexibility index (Phi) is 3.25. The van der Waals surface area contributed by atoms with Crippen LogP contribution >= 0.6 is 0 Å². The van der Waals surface area contributed by atoms with Gasteiger partial charge in [0, 0.05) is 18.5 Å². The summed E-state index contributed by atoms with van der Waals surface area (Å²) in [5, 5.41) is 6.68. The Balaban J connectivity index is 0.000000200. The standard InChI is InChI=1S/C16H19N4.C4H8N2O/c1-19-9-12-5-3-6-14-11-20(2)15-8-4-7-13(10-19)18(15)16(19,20)17(12)14;1-3-5-7-6-4-2/h3-5,7-9,15H,6,10-11H2,1-2H3;3-4H,1-2H3/q+3;/b;5-3-,6-4+/t15?,16-,19?,20?;/m1./s1. The third-order valence-electron chi connectivity index (χ3n) is 6.66. The van der Waals surface area contributed by atoms with Crippen LogP contribution in [0.5, 0.6) is 0 Å². The molecule has 0 N–H and O–H groups in total. The Morgan fingerprint density at radius 3 is 2.78 bits per heavy atom. The molecule has 0 amide bonds. The van der Waals surface area contributed by atoms with E-state index in [0.29, 0.717) is 6.17 Å². The van der Waals surface area contributed by atoms with Gasteiger partial charge in [-0.2, -0.15) is 13.9 Å².